The average molecular weight is 329 g/mol. The second-order valence-corrected chi connectivity index (χ2v) is 5.23. The summed E-state index contributed by atoms with van der Waals surface area (Å²) in [5.41, 5.74) is 0.266. The van der Waals surface area contributed by atoms with Gasteiger partial charge in [-0.25, -0.2) is 4.79 Å². The molecule has 0 N–H and O–H groups in total. The predicted octanol–water partition coefficient (Wildman–Crippen LogP) is 3.28. The molecule has 0 bridgehead atoms. The normalized spacial score (nSPS) is 13.9. The first-order valence-corrected chi connectivity index (χ1v) is 7.40. The first-order chi connectivity index (χ1) is 11.6. The zero-order valence-corrected chi connectivity index (χ0v) is 12.9. The first kappa shape index (κ1) is 15.8. The topological polar surface area (TPSA) is 87.9 Å². The van der Waals surface area contributed by atoms with Gasteiger partial charge < -0.3 is 14.2 Å². The molecule has 1 aliphatic rings. The maximum atomic E-state index is 12.4. The fourth-order valence-corrected chi connectivity index (χ4v) is 2.41. The molecule has 0 radical (unpaired) electrons. The lowest BCUT2D eigenvalue weighted by Crippen LogP contribution is -2.17. The smallest absolute Gasteiger partial charge is 0.345 e. The van der Waals surface area contributed by atoms with E-state index in [1.165, 1.54) is 12.1 Å². The minimum atomic E-state index is -0.782. The maximum Gasteiger partial charge on any atom is 0.345 e. The van der Waals surface area contributed by atoms with Crippen LogP contribution < -0.4 is 9.47 Å². The Labute approximate surface area is 137 Å². The molecule has 2 aromatic carbocycles. The molecule has 0 saturated heterocycles. The molecule has 0 spiro atoms. The number of esters is 1. The third-order valence-corrected chi connectivity index (χ3v) is 3.63. The Morgan fingerprint density at radius 3 is 2.42 bits per heavy atom. The number of nitro benzene ring substituents is 1. The summed E-state index contributed by atoms with van der Waals surface area (Å²) in [6.45, 7) is 2.33. The van der Waals surface area contributed by atoms with E-state index in [0.717, 1.165) is 5.56 Å². The van der Waals surface area contributed by atoms with Crippen molar-refractivity contribution in [2.75, 3.05) is 13.2 Å². The van der Waals surface area contributed by atoms with E-state index in [1.54, 1.807) is 6.92 Å². The minimum Gasteiger partial charge on any atom is -0.486 e. The number of rotatable bonds is 4. The summed E-state index contributed by atoms with van der Waals surface area (Å²) in [5, 5.41) is 11.3. The SMILES string of the molecule is C[C@@H](OC(=O)c1cc2c(cc1[N+](=O)[O-])OCCO2)c1ccccc1. The van der Waals surface area contributed by atoms with Gasteiger partial charge in [-0.3, -0.25) is 10.1 Å². The molecule has 0 aliphatic carbocycles. The number of nitrogens with zero attached hydrogens (tertiary/aromatic N) is 1. The lowest BCUT2D eigenvalue weighted by atomic mass is 10.1. The Balaban J connectivity index is 1.90. The van der Waals surface area contributed by atoms with Crippen molar-refractivity contribution in [1.29, 1.82) is 0 Å². The van der Waals surface area contributed by atoms with E-state index in [-0.39, 0.29) is 17.0 Å². The molecule has 124 valence electrons. The molecule has 0 amide bonds. The summed E-state index contributed by atoms with van der Waals surface area (Å²) in [6.07, 6.45) is -0.536. The van der Waals surface area contributed by atoms with Crippen molar-refractivity contribution < 1.29 is 23.9 Å². The van der Waals surface area contributed by atoms with Gasteiger partial charge in [-0.05, 0) is 12.5 Å². The van der Waals surface area contributed by atoms with Crippen LogP contribution in [0, 0.1) is 10.1 Å². The van der Waals surface area contributed by atoms with Crippen molar-refractivity contribution in [2.45, 2.75) is 13.0 Å². The molecular weight excluding hydrogens is 314 g/mol. The van der Waals surface area contributed by atoms with Crippen LogP contribution in [-0.2, 0) is 4.74 Å². The highest BCUT2D eigenvalue weighted by Crippen LogP contribution is 2.37. The summed E-state index contributed by atoms with van der Waals surface area (Å²) in [4.78, 5) is 23.0. The van der Waals surface area contributed by atoms with E-state index in [1.807, 2.05) is 30.3 Å². The first-order valence-electron chi connectivity index (χ1n) is 7.40. The monoisotopic (exact) mass is 329 g/mol. The summed E-state index contributed by atoms with van der Waals surface area (Å²) in [7, 11) is 0. The minimum absolute atomic E-state index is 0.160. The second kappa shape index (κ2) is 6.57. The number of carbonyl (C=O) groups is 1. The second-order valence-electron chi connectivity index (χ2n) is 5.23. The molecule has 1 atom stereocenters. The molecular formula is C17H15NO6. The molecule has 2 aromatic rings. The van der Waals surface area contributed by atoms with Crippen LogP contribution >= 0.6 is 0 Å². The number of carbonyl (C=O) groups excluding carboxylic acids is 1. The van der Waals surface area contributed by atoms with Crippen LogP contribution in [0.5, 0.6) is 11.5 Å². The Morgan fingerprint density at radius 1 is 1.17 bits per heavy atom. The maximum absolute atomic E-state index is 12.4. The highest BCUT2D eigenvalue weighted by atomic mass is 16.6. The van der Waals surface area contributed by atoms with Crippen molar-refractivity contribution >= 4 is 11.7 Å². The van der Waals surface area contributed by atoms with Gasteiger partial charge in [0.1, 0.15) is 24.9 Å². The highest BCUT2D eigenvalue weighted by Gasteiger charge is 2.28. The van der Waals surface area contributed by atoms with Crippen LogP contribution in [0.15, 0.2) is 42.5 Å². The lowest BCUT2D eigenvalue weighted by Gasteiger charge is -2.19. The van der Waals surface area contributed by atoms with Crippen molar-refractivity contribution in [2.24, 2.45) is 0 Å². The number of nitro groups is 1. The van der Waals surface area contributed by atoms with Gasteiger partial charge in [0.05, 0.1) is 11.0 Å². The summed E-state index contributed by atoms with van der Waals surface area (Å²) in [6, 6.07) is 11.6. The predicted molar refractivity (Wildman–Crippen MR) is 84.4 cm³/mol. The van der Waals surface area contributed by atoms with Crippen molar-refractivity contribution in [1.82, 2.24) is 0 Å². The number of fused-ring (bicyclic) bond motifs is 1. The van der Waals surface area contributed by atoms with Gasteiger partial charge in [-0.1, -0.05) is 30.3 Å². The van der Waals surface area contributed by atoms with E-state index >= 15 is 0 Å². The average Bonchev–Trinajstić information content (AvgIpc) is 2.61. The van der Waals surface area contributed by atoms with E-state index in [9.17, 15) is 14.9 Å². The van der Waals surface area contributed by atoms with Gasteiger partial charge in [-0.15, -0.1) is 0 Å². The van der Waals surface area contributed by atoms with E-state index in [0.29, 0.717) is 19.0 Å². The van der Waals surface area contributed by atoms with Crippen LogP contribution in [0.4, 0.5) is 5.69 Å². The van der Waals surface area contributed by atoms with Crippen LogP contribution in [-0.4, -0.2) is 24.1 Å². The Kier molecular flexibility index (Phi) is 4.33. The van der Waals surface area contributed by atoms with Gasteiger partial charge >= 0.3 is 5.97 Å². The fourth-order valence-electron chi connectivity index (χ4n) is 2.41. The van der Waals surface area contributed by atoms with Gasteiger partial charge in [0.25, 0.3) is 5.69 Å². The zero-order chi connectivity index (χ0) is 17.1. The number of hydrogen-bond acceptors (Lipinski definition) is 6. The van der Waals surface area contributed by atoms with Gasteiger partial charge in [0.2, 0.25) is 0 Å². The van der Waals surface area contributed by atoms with Crippen molar-refractivity contribution in [3.63, 3.8) is 0 Å². The Hall–Kier alpha value is -3.09. The molecule has 1 heterocycles. The van der Waals surface area contributed by atoms with Crippen molar-refractivity contribution in [3.05, 3.63) is 63.7 Å². The summed E-state index contributed by atoms with van der Waals surface area (Å²) in [5.74, 6) is -0.234. The number of benzene rings is 2. The van der Waals surface area contributed by atoms with E-state index in [4.69, 9.17) is 14.2 Å². The van der Waals surface area contributed by atoms with Crippen LogP contribution in [0.2, 0.25) is 0 Å². The standard InChI is InChI=1S/C17H15NO6/c1-11(12-5-3-2-4-6-12)24-17(19)13-9-15-16(23-8-7-22-15)10-14(13)18(20)21/h2-6,9-11H,7-8H2,1H3/t11-/m1/s1. The zero-order valence-electron chi connectivity index (χ0n) is 12.9. The van der Waals surface area contributed by atoms with Crippen LogP contribution in [0.3, 0.4) is 0 Å². The molecule has 0 saturated carbocycles. The Morgan fingerprint density at radius 2 is 1.79 bits per heavy atom. The molecule has 7 heteroatoms. The van der Waals surface area contributed by atoms with Crippen molar-refractivity contribution in [3.8, 4) is 11.5 Å². The molecule has 7 nitrogen and oxygen atoms in total. The Bertz CT molecular complexity index is 774. The fraction of sp³-hybridized carbons (Fsp3) is 0.235. The largest absolute Gasteiger partial charge is 0.486 e. The third-order valence-electron chi connectivity index (χ3n) is 3.63. The van der Waals surface area contributed by atoms with Crippen LogP contribution in [0.1, 0.15) is 28.9 Å². The summed E-state index contributed by atoms with van der Waals surface area (Å²) < 4.78 is 16.1. The van der Waals surface area contributed by atoms with Gasteiger partial charge in [0.15, 0.2) is 11.5 Å². The molecule has 24 heavy (non-hydrogen) atoms. The molecule has 0 fully saturated rings. The van der Waals surface area contributed by atoms with E-state index in [2.05, 4.69) is 0 Å². The lowest BCUT2D eigenvalue weighted by molar-refractivity contribution is -0.385. The molecule has 3 rings (SSSR count). The molecule has 1 aliphatic heterocycles. The third kappa shape index (κ3) is 3.15. The summed E-state index contributed by atoms with van der Waals surface area (Å²) >= 11 is 0. The highest BCUT2D eigenvalue weighted by molar-refractivity contribution is 5.95. The quantitative estimate of drug-likeness (QED) is 0.486. The van der Waals surface area contributed by atoms with Gasteiger partial charge in [-0.2, -0.15) is 0 Å². The number of ether oxygens (including phenoxy) is 3. The molecule has 0 aromatic heterocycles. The van der Waals surface area contributed by atoms with E-state index < -0.39 is 17.0 Å². The molecule has 0 unspecified atom stereocenters. The van der Waals surface area contributed by atoms with Gasteiger partial charge in [0, 0.05) is 6.07 Å². The van der Waals surface area contributed by atoms with Crippen LogP contribution in [0.25, 0.3) is 0 Å². The number of hydrogen-bond donors (Lipinski definition) is 0.